The quantitative estimate of drug-likeness (QED) is 0.803. The van der Waals surface area contributed by atoms with Gasteiger partial charge in [-0.3, -0.25) is 9.48 Å². The van der Waals surface area contributed by atoms with Crippen LogP contribution in [-0.4, -0.2) is 27.6 Å². The highest BCUT2D eigenvalue weighted by Gasteiger charge is 2.37. The van der Waals surface area contributed by atoms with Crippen LogP contribution in [0, 0.1) is 5.41 Å². The summed E-state index contributed by atoms with van der Waals surface area (Å²) in [6.45, 7) is 2.75. The molecule has 1 aromatic heterocycles. The predicted molar refractivity (Wildman–Crippen MR) is 66.3 cm³/mol. The Labute approximate surface area is 103 Å². The first-order valence-corrected chi connectivity index (χ1v) is 6.24. The Hall–Kier alpha value is -1.32. The Morgan fingerprint density at radius 1 is 1.53 bits per heavy atom. The summed E-state index contributed by atoms with van der Waals surface area (Å²) in [6, 6.07) is 0. The highest BCUT2D eigenvalue weighted by Crippen LogP contribution is 2.39. The molecule has 0 saturated heterocycles. The van der Waals surface area contributed by atoms with E-state index in [1.54, 1.807) is 4.68 Å². The fourth-order valence-electron chi connectivity index (χ4n) is 2.73. The van der Waals surface area contributed by atoms with E-state index in [1.165, 1.54) is 12.8 Å². The molecule has 94 valence electrons. The van der Waals surface area contributed by atoms with Crippen molar-refractivity contribution in [2.75, 3.05) is 7.05 Å². The second kappa shape index (κ2) is 4.51. The summed E-state index contributed by atoms with van der Waals surface area (Å²) in [5.41, 5.74) is 0.960. The van der Waals surface area contributed by atoms with Gasteiger partial charge in [-0.25, -0.2) is 0 Å². The molecule has 4 nitrogen and oxygen atoms in total. The molecule has 1 amide bonds. The second-order valence-electron chi connectivity index (χ2n) is 5.45. The average Bonchev–Trinajstić information content (AvgIpc) is 2.88. The van der Waals surface area contributed by atoms with Crippen LogP contribution in [0.15, 0.2) is 12.4 Å². The van der Waals surface area contributed by atoms with Gasteiger partial charge < -0.3 is 4.90 Å². The number of rotatable bonds is 3. The number of hydrogen-bond donors (Lipinski definition) is 0. The lowest BCUT2D eigenvalue weighted by Gasteiger charge is -2.28. The lowest BCUT2D eigenvalue weighted by molar-refractivity contribution is -0.140. The third-order valence-corrected chi connectivity index (χ3v) is 3.75. The third-order valence-electron chi connectivity index (χ3n) is 3.75. The largest absolute Gasteiger partial charge is 0.341 e. The van der Waals surface area contributed by atoms with Gasteiger partial charge in [0, 0.05) is 37.8 Å². The van der Waals surface area contributed by atoms with Crippen molar-refractivity contribution in [2.24, 2.45) is 12.5 Å². The minimum absolute atomic E-state index is 0.128. The molecule has 1 aliphatic rings. The SMILES string of the molecule is CN(Cc1cnn(C)c1)C(=O)C1(C)CCCC1. The minimum Gasteiger partial charge on any atom is -0.341 e. The van der Waals surface area contributed by atoms with Crippen LogP contribution in [0.2, 0.25) is 0 Å². The highest BCUT2D eigenvalue weighted by atomic mass is 16.2. The molecule has 17 heavy (non-hydrogen) atoms. The van der Waals surface area contributed by atoms with Gasteiger partial charge in [0.05, 0.1) is 6.20 Å². The number of aromatic nitrogens is 2. The van der Waals surface area contributed by atoms with Crippen molar-refractivity contribution in [1.82, 2.24) is 14.7 Å². The molecule has 4 heteroatoms. The molecule has 1 saturated carbocycles. The average molecular weight is 235 g/mol. The van der Waals surface area contributed by atoms with Crippen molar-refractivity contribution in [2.45, 2.75) is 39.2 Å². The number of aryl methyl sites for hydroxylation is 1. The zero-order valence-corrected chi connectivity index (χ0v) is 10.9. The lowest BCUT2D eigenvalue weighted by atomic mass is 9.87. The summed E-state index contributed by atoms with van der Waals surface area (Å²) in [7, 11) is 3.78. The summed E-state index contributed by atoms with van der Waals surface area (Å²) in [6.07, 6.45) is 8.21. The maximum Gasteiger partial charge on any atom is 0.228 e. The summed E-state index contributed by atoms with van der Waals surface area (Å²) >= 11 is 0. The second-order valence-corrected chi connectivity index (χ2v) is 5.45. The van der Waals surface area contributed by atoms with Crippen molar-refractivity contribution in [1.29, 1.82) is 0 Å². The minimum atomic E-state index is -0.128. The maximum atomic E-state index is 12.4. The molecule has 1 heterocycles. The summed E-state index contributed by atoms with van der Waals surface area (Å²) in [5.74, 6) is 0.277. The molecular formula is C13H21N3O. The number of carbonyl (C=O) groups is 1. The van der Waals surface area contributed by atoms with Crippen LogP contribution in [0.5, 0.6) is 0 Å². The van der Waals surface area contributed by atoms with E-state index < -0.39 is 0 Å². The van der Waals surface area contributed by atoms with Crippen LogP contribution >= 0.6 is 0 Å². The van der Waals surface area contributed by atoms with E-state index in [9.17, 15) is 4.79 Å². The molecule has 0 unspecified atom stereocenters. The first kappa shape index (κ1) is 12.1. The van der Waals surface area contributed by atoms with E-state index in [0.717, 1.165) is 18.4 Å². The molecule has 0 spiro atoms. The van der Waals surface area contributed by atoms with Gasteiger partial charge in [-0.15, -0.1) is 0 Å². The Kier molecular flexibility index (Phi) is 3.22. The molecule has 1 aromatic rings. The molecular weight excluding hydrogens is 214 g/mol. The smallest absolute Gasteiger partial charge is 0.228 e. The molecule has 0 aliphatic heterocycles. The lowest BCUT2D eigenvalue weighted by Crippen LogP contribution is -2.38. The van der Waals surface area contributed by atoms with Crippen molar-refractivity contribution >= 4 is 5.91 Å². The Morgan fingerprint density at radius 3 is 2.71 bits per heavy atom. The van der Waals surface area contributed by atoms with E-state index in [0.29, 0.717) is 6.54 Å². The first-order chi connectivity index (χ1) is 8.01. The van der Waals surface area contributed by atoms with Gasteiger partial charge in [0.2, 0.25) is 5.91 Å². The number of hydrogen-bond acceptors (Lipinski definition) is 2. The number of nitrogens with zero attached hydrogens (tertiary/aromatic N) is 3. The summed E-state index contributed by atoms with van der Waals surface area (Å²) in [5, 5.41) is 4.12. The van der Waals surface area contributed by atoms with Crippen LogP contribution in [0.25, 0.3) is 0 Å². The van der Waals surface area contributed by atoms with Crippen LogP contribution in [-0.2, 0) is 18.4 Å². The van der Waals surface area contributed by atoms with Crippen LogP contribution in [0.1, 0.15) is 38.2 Å². The fraction of sp³-hybridized carbons (Fsp3) is 0.692. The molecule has 1 aliphatic carbocycles. The summed E-state index contributed by atoms with van der Waals surface area (Å²) < 4.78 is 1.77. The molecule has 0 aromatic carbocycles. The zero-order chi connectivity index (χ0) is 12.5. The Bertz CT molecular complexity index is 405. The van der Waals surface area contributed by atoms with Crippen molar-refractivity contribution in [3.63, 3.8) is 0 Å². The number of amides is 1. The van der Waals surface area contributed by atoms with Crippen LogP contribution < -0.4 is 0 Å². The Morgan fingerprint density at radius 2 is 2.18 bits per heavy atom. The molecule has 1 fully saturated rings. The van der Waals surface area contributed by atoms with Gasteiger partial charge >= 0.3 is 0 Å². The van der Waals surface area contributed by atoms with Gasteiger partial charge in [0.25, 0.3) is 0 Å². The Balaban J connectivity index is 2.00. The van der Waals surface area contributed by atoms with Crippen molar-refractivity contribution in [3.05, 3.63) is 18.0 Å². The monoisotopic (exact) mass is 235 g/mol. The van der Waals surface area contributed by atoms with E-state index in [-0.39, 0.29) is 11.3 Å². The number of carbonyl (C=O) groups excluding carboxylic acids is 1. The predicted octanol–water partition coefficient (Wildman–Crippen LogP) is 1.96. The molecule has 0 N–H and O–H groups in total. The van der Waals surface area contributed by atoms with E-state index in [1.807, 2.05) is 31.4 Å². The molecule has 2 rings (SSSR count). The fourth-order valence-corrected chi connectivity index (χ4v) is 2.73. The van der Waals surface area contributed by atoms with Crippen molar-refractivity contribution in [3.8, 4) is 0 Å². The van der Waals surface area contributed by atoms with Gasteiger partial charge in [0.1, 0.15) is 0 Å². The molecule has 0 radical (unpaired) electrons. The highest BCUT2D eigenvalue weighted by molar-refractivity contribution is 5.82. The first-order valence-electron chi connectivity index (χ1n) is 6.24. The van der Waals surface area contributed by atoms with Crippen molar-refractivity contribution < 1.29 is 4.79 Å². The van der Waals surface area contributed by atoms with Gasteiger partial charge in [0.15, 0.2) is 0 Å². The van der Waals surface area contributed by atoms with Gasteiger partial charge in [-0.05, 0) is 12.8 Å². The van der Waals surface area contributed by atoms with E-state index in [2.05, 4.69) is 12.0 Å². The van der Waals surface area contributed by atoms with Crippen LogP contribution in [0.4, 0.5) is 0 Å². The maximum absolute atomic E-state index is 12.4. The van der Waals surface area contributed by atoms with Gasteiger partial charge in [-0.1, -0.05) is 19.8 Å². The molecule has 0 bridgehead atoms. The van der Waals surface area contributed by atoms with Gasteiger partial charge in [-0.2, -0.15) is 5.10 Å². The topological polar surface area (TPSA) is 38.1 Å². The zero-order valence-electron chi connectivity index (χ0n) is 10.9. The third kappa shape index (κ3) is 2.51. The molecule has 0 atom stereocenters. The standard InChI is InChI=1S/C13H21N3O/c1-13(6-4-5-7-13)12(17)15(2)9-11-8-14-16(3)10-11/h8,10H,4-7,9H2,1-3H3. The normalized spacial score (nSPS) is 18.3. The summed E-state index contributed by atoms with van der Waals surface area (Å²) in [4.78, 5) is 14.2. The van der Waals surface area contributed by atoms with E-state index in [4.69, 9.17) is 0 Å². The van der Waals surface area contributed by atoms with E-state index >= 15 is 0 Å². The van der Waals surface area contributed by atoms with Crippen LogP contribution in [0.3, 0.4) is 0 Å².